The van der Waals surface area contributed by atoms with Gasteiger partial charge in [0, 0.05) is 18.3 Å². The number of benzene rings is 1. The summed E-state index contributed by atoms with van der Waals surface area (Å²) in [4.78, 5) is 12.5. The van der Waals surface area contributed by atoms with Gasteiger partial charge in [-0.2, -0.15) is 5.10 Å². The number of nitrogens with one attached hydrogen (secondary N) is 1. The second kappa shape index (κ2) is 7.30. The maximum Gasteiger partial charge on any atom is 0.240 e. The number of carbonyl (C=O) groups is 1. The van der Waals surface area contributed by atoms with E-state index in [1.807, 2.05) is 29.8 Å². The number of sulfonamides is 1. The summed E-state index contributed by atoms with van der Waals surface area (Å²) in [5.41, 5.74) is 1.36. The molecule has 25 heavy (non-hydrogen) atoms. The first-order chi connectivity index (χ1) is 12.0. The lowest BCUT2D eigenvalue weighted by Gasteiger charge is -2.07. The predicted octanol–water partition coefficient (Wildman–Crippen LogP) is 2.79. The van der Waals surface area contributed by atoms with Crippen molar-refractivity contribution in [1.29, 1.82) is 0 Å². The van der Waals surface area contributed by atoms with E-state index in [-0.39, 0.29) is 17.2 Å². The summed E-state index contributed by atoms with van der Waals surface area (Å²) in [6.45, 7) is 2.09. The Morgan fingerprint density at radius 3 is 2.60 bits per heavy atom. The molecule has 1 aromatic carbocycles. The van der Waals surface area contributed by atoms with Gasteiger partial charge >= 0.3 is 0 Å². The number of rotatable bonds is 7. The average Bonchev–Trinajstić information content (AvgIpc) is 3.26. The Bertz CT molecular complexity index is 959. The maximum atomic E-state index is 12.3. The Balaban J connectivity index is 1.60. The Hall–Kier alpha value is -2.29. The van der Waals surface area contributed by atoms with Crippen molar-refractivity contribution in [1.82, 2.24) is 14.5 Å². The second-order valence-electron chi connectivity index (χ2n) is 5.42. The van der Waals surface area contributed by atoms with Gasteiger partial charge in [0.2, 0.25) is 10.0 Å². The molecule has 0 radical (unpaired) electrons. The van der Waals surface area contributed by atoms with Crippen molar-refractivity contribution in [2.24, 2.45) is 0 Å². The fourth-order valence-corrected chi connectivity index (χ4v) is 4.00. The van der Waals surface area contributed by atoms with Crippen molar-refractivity contribution >= 4 is 27.1 Å². The van der Waals surface area contributed by atoms with E-state index in [0.717, 1.165) is 10.6 Å². The summed E-state index contributed by atoms with van der Waals surface area (Å²) < 4.78 is 28.8. The van der Waals surface area contributed by atoms with E-state index in [1.54, 1.807) is 16.0 Å². The molecule has 8 heteroatoms. The van der Waals surface area contributed by atoms with Crippen LogP contribution in [0.5, 0.6) is 0 Å². The molecule has 2 heterocycles. The number of Topliss-reactive ketones (excluding diaryl/α,β-unsaturated/α-hetero) is 1. The quantitative estimate of drug-likeness (QED) is 0.644. The monoisotopic (exact) mass is 375 g/mol. The third kappa shape index (κ3) is 4.22. The Morgan fingerprint density at radius 1 is 1.20 bits per heavy atom. The van der Waals surface area contributed by atoms with Gasteiger partial charge in [-0.15, -0.1) is 11.3 Å². The van der Waals surface area contributed by atoms with Gasteiger partial charge < -0.3 is 0 Å². The van der Waals surface area contributed by atoms with Crippen LogP contribution < -0.4 is 4.72 Å². The summed E-state index contributed by atoms with van der Waals surface area (Å²) in [6, 6.07) is 11.7. The molecule has 0 atom stereocenters. The topological polar surface area (TPSA) is 81.1 Å². The fraction of sp³-hybridized carbons (Fsp3) is 0.176. The summed E-state index contributed by atoms with van der Waals surface area (Å²) >= 11 is 1.61. The first kappa shape index (κ1) is 17.5. The van der Waals surface area contributed by atoms with Crippen LogP contribution in [0.3, 0.4) is 0 Å². The lowest BCUT2D eigenvalue weighted by Crippen LogP contribution is -2.27. The molecule has 1 N–H and O–H groups in total. The first-order valence-corrected chi connectivity index (χ1v) is 10.00. The molecule has 0 aliphatic heterocycles. The molecule has 0 bridgehead atoms. The third-order valence-corrected chi connectivity index (χ3v) is 5.99. The third-order valence-electron chi connectivity index (χ3n) is 3.62. The molecular weight excluding hydrogens is 358 g/mol. The van der Waals surface area contributed by atoms with Crippen LogP contribution in [0, 0.1) is 0 Å². The molecule has 2 aromatic heterocycles. The zero-order chi connectivity index (χ0) is 17.9. The molecule has 0 amide bonds. The van der Waals surface area contributed by atoms with Crippen molar-refractivity contribution in [2.45, 2.75) is 18.4 Å². The second-order valence-corrected chi connectivity index (χ2v) is 8.13. The molecule has 0 spiro atoms. The number of ketones is 1. The number of carbonyl (C=O) groups excluding carboxylic acids is 1. The maximum absolute atomic E-state index is 12.3. The largest absolute Gasteiger partial charge is 0.295 e. The molecule has 0 saturated heterocycles. The van der Waals surface area contributed by atoms with E-state index in [0.29, 0.717) is 12.1 Å². The standard InChI is InChI=1S/C17H17N3O3S2/c1-13(21)14-4-6-15(7-5-14)25(22,23)18-9-11-20-10-8-16(19-20)17-3-2-12-24-17/h2-8,10,12,18H,9,11H2,1H3. The van der Waals surface area contributed by atoms with E-state index < -0.39 is 10.0 Å². The van der Waals surface area contributed by atoms with E-state index in [1.165, 1.54) is 31.2 Å². The lowest BCUT2D eigenvalue weighted by molar-refractivity contribution is 0.101. The van der Waals surface area contributed by atoms with Gasteiger partial charge in [-0.1, -0.05) is 18.2 Å². The molecule has 3 aromatic rings. The van der Waals surface area contributed by atoms with Crippen LogP contribution >= 0.6 is 11.3 Å². The van der Waals surface area contributed by atoms with E-state index in [9.17, 15) is 13.2 Å². The highest BCUT2D eigenvalue weighted by Crippen LogP contribution is 2.22. The van der Waals surface area contributed by atoms with E-state index in [4.69, 9.17) is 0 Å². The van der Waals surface area contributed by atoms with Crippen LogP contribution in [-0.2, 0) is 16.6 Å². The normalized spacial score (nSPS) is 11.6. The molecule has 6 nitrogen and oxygen atoms in total. The summed E-state index contributed by atoms with van der Waals surface area (Å²) in [6.07, 6.45) is 1.82. The highest BCUT2D eigenvalue weighted by atomic mass is 32.2. The SMILES string of the molecule is CC(=O)c1ccc(S(=O)(=O)NCCn2ccc(-c3cccs3)n2)cc1. The van der Waals surface area contributed by atoms with Crippen molar-refractivity contribution < 1.29 is 13.2 Å². The highest BCUT2D eigenvalue weighted by Gasteiger charge is 2.14. The minimum Gasteiger partial charge on any atom is -0.295 e. The average molecular weight is 375 g/mol. The number of hydrogen-bond acceptors (Lipinski definition) is 5. The van der Waals surface area contributed by atoms with Gasteiger partial charge in [0.25, 0.3) is 0 Å². The van der Waals surface area contributed by atoms with Gasteiger partial charge in [0.15, 0.2) is 5.78 Å². The van der Waals surface area contributed by atoms with Crippen molar-refractivity contribution in [3.8, 4) is 10.6 Å². The summed E-state index contributed by atoms with van der Waals surface area (Å²) in [5.74, 6) is -0.0999. The number of nitrogens with zero attached hydrogens (tertiary/aromatic N) is 2. The Morgan fingerprint density at radius 2 is 1.96 bits per heavy atom. The predicted molar refractivity (Wildman–Crippen MR) is 97.2 cm³/mol. The van der Waals surface area contributed by atoms with Crippen LogP contribution in [0.4, 0.5) is 0 Å². The molecule has 3 rings (SSSR count). The molecule has 0 saturated carbocycles. The van der Waals surface area contributed by atoms with Crippen LogP contribution in [0.1, 0.15) is 17.3 Å². The Labute approximate surface area is 150 Å². The van der Waals surface area contributed by atoms with Crippen LogP contribution in [0.15, 0.2) is 58.9 Å². The summed E-state index contributed by atoms with van der Waals surface area (Å²) in [7, 11) is -3.61. The van der Waals surface area contributed by atoms with E-state index in [2.05, 4.69) is 9.82 Å². The van der Waals surface area contributed by atoms with Crippen LogP contribution in [0.2, 0.25) is 0 Å². The zero-order valence-corrected chi connectivity index (χ0v) is 15.2. The van der Waals surface area contributed by atoms with Crippen LogP contribution in [0.25, 0.3) is 10.6 Å². The highest BCUT2D eigenvalue weighted by molar-refractivity contribution is 7.89. The Kier molecular flexibility index (Phi) is 5.12. The number of aromatic nitrogens is 2. The fourth-order valence-electron chi connectivity index (χ4n) is 2.29. The zero-order valence-electron chi connectivity index (χ0n) is 13.5. The van der Waals surface area contributed by atoms with Gasteiger partial charge in [0.05, 0.1) is 16.3 Å². The number of hydrogen-bond donors (Lipinski definition) is 1. The number of thiophene rings is 1. The minimum atomic E-state index is -3.61. The summed E-state index contributed by atoms with van der Waals surface area (Å²) in [5, 5.41) is 6.42. The molecule has 0 aliphatic carbocycles. The smallest absolute Gasteiger partial charge is 0.240 e. The molecule has 0 aliphatic rings. The van der Waals surface area contributed by atoms with Crippen molar-refractivity contribution in [3.05, 3.63) is 59.6 Å². The molecule has 130 valence electrons. The minimum absolute atomic E-state index is 0.0999. The molecular formula is C17H17N3O3S2. The molecule has 0 fully saturated rings. The van der Waals surface area contributed by atoms with Crippen LogP contribution in [-0.4, -0.2) is 30.5 Å². The first-order valence-electron chi connectivity index (χ1n) is 7.64. The van der Waals surface area contributed by atoms with Crippen molar-refractivity contribution in [3.63, 3.8) is 0 Å². The van der Waals surface area contributed by atoms with Gasteiger partial charge in [0.1, 0.15) is 5.69 Å². The van der Waals surface area contributed by atoms with E-state index >= 15 is 0 Å². The lowest BCUT2D eigenvalue weighted by atomic mass is 10.2. The van der Waals surface area contributed by atoms with Crippen molar-refractivity contribution in [2.75, 3.05) is 6.54 Å². The van der Waals surface area contributed by atoms with Gasteiger partial charge in [-0.25, -0.2) is 13.1 Å². The van der Waals surface area contributed by atoms with Gasteiger partial charge in [-0.3, -0.25) is 9.48 Å². The van der Waals surface area contributed by atoms with Gasteiger partial charge in [-0.05, 0) is 36.6 Å². The molecule has 0 unspecified atom stereocenters.